The second-order valence-electron chi connectivity index (χ2n) is 2.83. The molecule has 0 saturated heterocycles. The van der Waals surface area contributed by atoms with E-state index in [1.807, 2.05) is 20.8 Å². The second-order valence-corrected chi connectivity index (χ2v) is 2.83. The first-order valence-electron chi connectivity index (χ1n) is 3.25. The minimum atomic E-state index is -0.546. The Morgan fingerprint density at radius 1 is 1.40 bits per heavy atom. The molecule has 0 fully saturated rings. The van der Waals surface area contributed by atoms with E-state index in [0.29, 0.717) is 5.76 Å². The molecule has 2 heteroatoms. The van der Waals surface area contributed by atoms with E-state index < -0.39 is 5.79 Å². The van der Waals surface area contributed by atoms with Crippen LogP contribution in [0.1, 0.15) is 20.8 Å². The SMILES string of the molecule is C=C1C=C(C)OC(C)(C)O1. The largest absolute Gasteiger partial charge is 0.457 e. The molecule has 10 heavy (non-hydrogen) atoms. The van der Waals surface area contributed by atoms with Gasteiger partial charge >= 0.3 is 0 Å². The van der Waals surface area contributed by atoms with Crippen LogP contribution in [0.5, 0.6) is 0 Å². The Labute approximate surface area is 61.1 Å². The van der Waals surface area contributed by atoms with Gasteiger partial charge in [0, 0.05) is 19.9 Å². The molecular weight excluding hydrogens is 128 g/mol. The van der Waals surface area contributed by atoms with Crippen molar-refractivity contribution in [1.29, 1.82) is 0 Å². The highest BCUT2D eigenvalue weighted by Gasteiger charge is 2.25. The lowest BCUT2D eigenvalue weighted by Gasteiger charge is -2.31. The van der Waals surface area contributed by atoms with Crippen LogP contribution < -0.4 is 0 Å². The molecule has 0 N–H and O–H groups in total. The van der Waals surface area contributed by atoms with Gasteiger partial charge in [-0.1, -0.05) is 6.58 Å². The van der Waals surface area contributed by atoms with Gasteiger partial charge in [-0.2, -0.15) is 0 Å². The molecule has 2 nitrogen and oxygen atoms in total. The average molecular weight is 140 g/mol. The van der Waals surface area contributed by atoms with Gasteiger partial charge in [0.2, 0.25) is 5.79 Å². The summed E-state index contributed by atoms with van der Waals surface area (Å²) in [6.07, 6.45) is 1.77. The first-order chi connectivity index (χ1) is 4.49. The van der Waals surface area contributed by atoms with Gasteiger partial charge in [0.05, 0.1) is 0 Å². The lowest BCUT2D eigenvalue weighted by molar-refractivity contribution is -0.171. The Morgan fingerprint density at radius 3 is 2.40 bits per heavy atom. The van der Waals surface area contributed by atoms with E-state index in [-0.39, 0.29) is 0 Å². The fourth-order valence-corrected chi connectivity index (χ4v) is 1.01. The lowest BCUT2D eigenvalue weighted by Crippen LogP contribution is -2.29. The first kappa shape index (κ1) is 7.19. The van der Waals surface area contributed by atoms with Crippen LogP contribution in [-0.2, 0) is 9.47 Å². The fraction of sp³-hybridized carbons (Fsp3) is 0.500. The third-order valence-electron chi connectivity index (χ3n) is 1.15. The molecule has 1 heterocycles. The summed E-state index contributed by atoms with van der Waals surface area (Å²) in [5, 5.41) is 0. The van der Waals surface area contributed by atoms with Gasteiger partial charge in [-0.25, -0.2) is 0 Å². The van der Waals surface area contributed by atoms with Gasteiger partial charge < -0.3 is 9.47 Å². The minimum Gasteiger partial charge on any atom is -0.457 e. The van der Waals surface area contributed by atoms with E-state index in [0.717, 1.165) is 5.76 Å². The molecule has 0 aromatic carbocycles. The highest BCUT2D eigenvalue weighted by molar-refractivity contribution is 5.13. The molecule has 0 spiro atoms. The minimum absolute atomic E-state index is 0.546. The van der Waals surface area contributed by atoms with Crippen molar-refractivity contribution in [3.8, 4) is 0 Å². The highest BCUT2D eigenvalue weighted by atomic mass is 16.7. The molecule has 1 rings (SSSR count). The topological polar surface area (TPSA) is 18.5 Å². The summed E-state index contributed by atoms with van der Waals surface area (Å²) in [4.78, 5) is 0. The van der Waals surface area contributed by atoms with Crippen LogP contribution in [0.25, 0.3) is 0 Å². The Kier molecular flexibility index (Phi) is 1.47. The summed E-state index contributed by atoms with van der Waals surface area (Å²) in [6, 6.07) is 0. The number of allylic oxidation sites excluding steroid dienone is 2. The number of rotatable bonds is 0. The van der Waals surface area contributed by atoms with Crippen molar-refractivity contribution in [3.63, 3.8) is 0 Å². The van der Waals surface area contributed by atoms with E-state index in [9.17, 15) is 0 Å². The summed E-state index contributed by atoms with van der Waals surface area (Å²) < 4.78 is 10.6. The maximum Gasteiger partial charge on any atom is 0.245 e. The van der Waals surface area contributed by atoms with Gasteiger partial charge in [-0.3, -0.25) is 0 Å². The number of hydrogen-bond donors (Lipinski definition) is 0. The lowest BCUT2D eigenvalue weighted by atomic mass is 10.3. The van der Waals surface area contributed by atoms with E-state index in [2.05, 4.69) is 6.58 Å². The average Bonchev–Trinajstić information content (AvgIpc) is 1.54. The molecule has 0 atom stereocenters. The molecule has 0 saturated carbocycles. The maximum atomic E-state index is 5.32. The second kappa shape index (κ2) is 2.04. The predicted octanol–water partition coefficient (Wildman–Crippen LogP) is 2.19. The van der Waals surface area contributed by atoms with Crippen LogP contribution in [0.2, 0.25) is 0 Å². The monoisotopic (exact) mass is 140 g/mol. The zero-order valence-corrected chi connectivity index (χ0v) is 6.60. The fourth-order valence-electron chi connectivity index (χ4n) is 1.01. The van der Waals surface area contributed by atoms with E-state index in [1.54, 1.807) is 6.08 Å². The van der Waals surface area contributed by atoms with Gasteiger partial charge in [0.15, 0.2) is 0 Å². The molecule has 1 aliphatic heterocycles. The van der Waals surface area contributed by atoms with Crippen molar-refractivity contribution < 1.29 is 9.47 Å². The third kappa shape index (κ3) is 1.53. The Morgan fingerprint density at radius 2 is 2.00 bits per heavy atom. The van der Waals surface area contributed by atoms with Crippen molar-refractivity contribution in [1.82, 2.24) is 0 Å². The quantitative estimate of drug-likeness (QED) is 0.513. The van der Waals surface area contributed by atoms with Crippen molar-refractivity contribution in [3.05, 3.63) is 24.2 Å². The van der Waals surface area contributed by atoms with Crippen molar-refractivity contribution >= 4 is 0 Å². The van der Waals surface area contributed by atoms with Gasteiger partial charge in [0.25, 0.3) is 0 Å². The van der Waals surface area contributed by atoms with Crippen LogP contribution in [0.15, 0.2) is 24.2 Å². The smallest absolute Gasteiger partial charge is 0.245 e. The van der Waals surface area contributed by atoms with Gasteiger partial charge in [0.1, 0.15) is 11.5 Å². The molecule has 1 aliphatic rings. The van der Waals surface area contributed by atoms with Crippen LogP contribution in [0.4, 0.5) is 0 Å². The molecule has 0 radical (unpaired) electrons. The standard InChI is InChI=1S/C8H12O2/c1-6-5-7(2)10-8(3,4)9-6/h5H,1H2,2-4H3. The molecule has 0 aromatic rings. The molecule has 0 amide bonds. The Hall–Kier alpha value is -0.920. The summed E-state index contributed by atoms with van der Waals surface area (Å²) in [5.41, 5.74) is 0. The predicted molar refractivity (Wildman–Crippen MR) is 39.1 cm³/mol. The van der Waals surface area contributed by atoms with Crippen molar-refractivity contribution in [2.45, 2.75) is 26.6 Å². The summed E-state index contributed by atoms with van der Waals surface area (Å²) >= 11 is 0. The Balaban J connectivity index is 2.80. The molecule has 0 bridgehead atoms. The zero-order valence-electron chi connectivity index (χ0n) is 6.60. The van der Waals surface area contributed by atoms with Crippen molar-refractivity contribution in [2.24, 2.45) is 0 Å². The molecular formula is C8H12O2. The zero-order chi connectivity index (χ0) is 7.78. The normalized spacial score (nSPS) is 22.7. The highest BCUT2D eigenvalue weighted by Crippen LogP contribution is 2.25. The van der Waals surface area contributed by atoms with E-state index in [1.165, 1.54) is 0 Å². The number of hydrogen-bond acceptors (Lipinski definition) is 2. The Bertz CT molecular complexity index is 189. The molecule has 56 valence electrons. The van der Waals surface area contributed by atoms with E-state index in [4.69, 9.17) is 9.47 Å². The van der Waals surface area contributed by atoms with Crippen LogP contribution in [0, 0.1) is 0 Å². The summed E-state index contributed by atoms with van der Waals surface area (Å²) in [6.45, 7) is 9.28. The summed E-state index contributed by atoms with van der Waals surface area (Å²) in [7, 11) is 0. The molecule has 0 aliphatic carbocycles. The van der Waals surface area contributed by atoms with E-state index >= 15 is 0 Å². The molecule has 0 unspecified atom stereocenters. The van der Waals surface area contributed by atoms with Gasteiger partial charge in [-0.05, 0) is 6.92 Å². The first-order valence-corrected chi connectivity index (χ1v) is 3.25. The third-order valence-corrected chi connectivity index (χ3v) is 1.15. The van der Waals surface area contributed by atoms with Crippen molar-refractivity contribution in [2.75, 3.05) is 0 Å². The summed E-state index contributed by atoms with van der Waals surface area (Å²) in [5.74, 6) is 0.964. The van der Waals surface area contributed by atoms with Crippen LogP contribution in [-0.4, -0.2) is 5.79 Å². The van der Waals surface area contributed by atoms with Crippen LogP contribution in [0.3, 0.4) is 0 Å². The van der Waals surface area contributed by atoms with Crippen LogP contribution >= 0.6 is 0 Å². The maximum absolute atomic E-state index is 5.32. The number of ether oxygens (including phenoxy) is 2. The molecule has 0 aromatic heterocycles. The van der Waals surface area contributed by atoms with Gasteiger partial charge in [-0.15, -0.1) is 0 Å².